The first-order valence-corrected chi connectivity index (χ1v) is 5.32. The quantitative estimate of drug-likeness (QED) is 0.611. The summed E-state index contributed by atoms with van der Waals surface area (Å²) in [6.07, 6.45) is 3.39. The van der Waals surface area contributed by atoms with Crippen LogP contribution < -0.4 is 10.2 Å². The summed E-state index contributed by atoms with van der Waals surface area (Å²) in [5.74, 6) is 0.322. The molecule has 0 aliphatic heterocycles. The highest BCUT2D eigenvalue weighted by atomic mass is 15.3. The lowest BCUT2D eigenvalue weighted by atomic mass is 10.3. The predicted molar refractivity (Wildman–Crippen MR) is 70.4 cm³/mol. The van der Waals surface area contributed by atoms with E-state index in [0.29, 0.717) is 5.96 Å². The van der Waals surface area contributed by atoms with Crippen LogP contribution in [0.1, 0.15) is 0 Å². The Balaban J connectivity index is 2.06. The van der Waals surface area contributed by atoms with Crippen LogP contribution in [0.4, 0.5) is 11.4 Å². The van der Waals surface area contributed by atoms with E-state index in [1.807, 2.05) is 49.5 Å². The zero-order chi connectivity index (χ0) is 12.1. The number of guanidine groups is 1. The number of rotatable bonds is 2. The second-order valence-electron chi connectivity index (χ2n) is 3.60. The molecule has 4 nitrogen and oxygen atoms in total. The van der Waals surface area contributed by atoms with Gasteiger partial charge in [-0.3, -0.25) is 10.4 Å². The van der Waals surface area contributed by atoms with Gasteiger partial charge in [-0.15, -0.1) is 0 Å². The molecule has 0 saturated heterocycles. The van der Waals surface area contributed by atoms with Gasteiger partial charge >= 0.3 is 0 Å². The van der Waals surface area contributed by atoms with Crippen LogP contribution >= 0.6 is 0 Å². The third-order valence-corrected chi connectivity index (χ3v) is 2.42. The first-order chi connectivity index (χ1) is 8.27. The summed E-state index contributed by atoms with van der Waals surface area (Å²) in [5, 5.41) is 11.0. The van der Waals surface area contributed by atoms with E-state index in [1.54, 1.807) is 17.3 Å². The summed E-state index contributed by atoms with van der Waals surface area (Å²) in [5.41, 5.74) is 1.83. The molecule has 0 unspecified atom stereocenters. The number of hydrogen-bond donors (Lipinski definition) is 2. The van der Waals surface area contributed by atoms with Gasteiger partial charge in [-0.1, -0.05) is 18.2 Å². The first-order valence-electron chi connectivity index (χ1n) is 5.32. The van der Waals surface area contributed by atoms with Crippen LogP contribution in [0.25, 0.3) is 0 Å². The molecule has 0 atom stereocenters. The maximum atomic E-state index is 7.96. The van der Waals surface area contributed by atoms with Crippen molar-refractivity contribution >= 4 is 17.3 Å². The summed E-state index contributed by atoms with van der Waals surface area (Å²) in [7, 11) is 1.85. The van der Waals surface area contributed by atoms with E-state index < -0.39 is 0 Å². The summed E-state index contributed by atoms with van der Waals surface area (Å²) in [6, 6.07) is 13.4. The Morgan fingerprint density at radius 1 is 1.12 bits per heavy atom. The molecule has 0 spiro atoms. The van der Waals surface area contributed by atoms with Crippen LogP contribution in [-0.2, 0) is 0 Å². The van der Waals surface area contributed by atoms with Crippen molar-refractivity contribution in [2.24, 2.45) is 0 Å². The van der Waals surface area contributed by atoms with Crippen molar-refractivity contribution in [3.8, 4) is 0 Å². The fourth-order valence-corrected chi connectivity index (χ4v) is 1.44. The summed E-state index contributed by atoms with van der Waals surface area (Å²) >= 11 is 0. The second kappa shape index (κ2) is 5.12. The van der Waals surface area contributed by atoms with Crippen LogP contribution in [0.2, 0.25) is 0 Å². The highest BCUT2D eigenvalue weighted by molar-refractivity contribution is 6.02. The Hall–Kier alpha value is -2.36. The van der Waals surface area contributed by atoms with Crippen LogP contribution in [0.15, 0.2) is 54.9 Å². The fourth-order valence-electron chi connectivity index (χ4n) is 1.44. The topological polar surface area (TPSA) is 52.0 Å². The van der Waals surface area contributed by atoms with Gasteiger partial charge < -0.3 is 10.2 Å². The molecule has 0 radical (unpaired) electrons. The van der Waals surface area contributed by atoms with E-state index in [-0.39, 0.29) is 0 Å². The number of hydrogen-bond acceptors (Lipinski definition) is 2. The van der Waals surface area contributed by atoms with Crippen LogP contribution in [0.3, 0.4) is 0 Å². The zero-order valence-electron chi connectivity index (χ0n) is 9.59. The lowest BCUT2D eigenvalue weighted by molar-refractivity contribution is 1.21. The maximum Gasteiger partial charge on any atom is 0.199 e. The predicted octanol–water partition coefficient (Wildman–Crippen LogP) is 2.56. The van der Waals surface area contributed by atoms with E-state index in [0.717, 1.165) is 11.4 Å². The molecule has 1 aromatic heterocycles. The van der Waals surface area contributed by atoms with E-state index in [9.17, 15) is 0 Å². The van der Waals surface area contributed by atoms with Crippen molar-refractivity contribution in [2.75, 3.05) is 17.3 Å². The normalized spacial score (nSPS) is 9.71. The summed E-state index contributed by atoms with van der Waals surface area (Å²) in [6.45, 7) is 0. The molecular weight excluding hydrogens is 212 g/mol. The molecule has 1 heterocycles. The Morgan fingerprint density at radius 3 is 2.41 bits per heavy atom. The minimum absolute atomic E-state index is 0.322. The lowest BCUT2D eigenvalue weighted by Gasteiger charge is -2.20. The number of aromatic nitrogens is 1. The van der Waals surface area contributed by atoms with Crippen molar-refractivity contribution in [2.45, 2.75) is 0 Å². The van der Waals surface area contributed by atoms with E-state index in [4.69, 9.17) is 5.41 Å². The van der Waals surface area contributed by atoms with Gasteiger partial charge in [0.05, 0.1) is 0 Å². The highest BCUT2D eigenvalue weighted by Gasteiger charge is 2.06. The van der Waals surface area contributed by atoms with Gasteiger partial charge in [0.25, 0.3) is 0 Å². The molecule has 0 amide bonds. The third kappa shape index (κ3) is 2.81. The third-order valence-electron chi connectivity index (χ3n) is 2.42. The van der Waals surface area contributed by atoms with Gasteiger partial charge in [-0.25, -0.2) is 0 Å². The molecular formula is C13H14N4. The van der Waals surface area contributed by atoms with Crippen LogP contribution in [0.5, 0.6) is 0 Å². The fraction of sp³-hybridized carbons (Fsp3) is 0.0769. The number of para-hydroxylation sites is 1. The van der Waals surface area contributed by atoms with Gasteiger partial charge in [0.1, 0.15) is 0 Å². The molecule has 0 aliphatic rings. The monoisotopic (exact) mass is 226 g/mol. The Kier molecular flexibility index (Phi) is 3.35. The maximum absolute atomic E-state index is 7.96. The van der Waals surface area contributed by atoms with E-state index in [2.05, 4.69) is 10.3 Å². The van der Waals surface area contributed by atoms with Gasteiger partial charge in [-0.05, 0) is 24.3 Å². The number of nitrogens with one attached hydrogen (secondary N) is 2. The zero-order valence-corrected chi connectivity index (χ0v) is 9.59. The number of anilines is 2. The van der Waals surface area contributed by atoms with Crippen molar-refractivity contribution < 1.29 is 0 Å². The van der Waals surface area contributed by atoms with Gasteiger partial charge in [0, 0.05) is 30.8 Å². The molecule has 0 bridgehead atoms. The average molecular weight is 226 g/mol. The van der Waals surface area contributed by atoms with Crippen molar-refractivity contribution in [3.63, 3.8) is 0 Å². The molecule has 1 aromatic carbocycles. The molecule has 0 fully saturated rings. The Morgan fingerprint density at radius 2 is 1.76 bits per heavy atom. The van der Waals surface area contributed by atoms with E-state index >= 15 is 0 Å². The van der Waals surface area contributed by atoms with Crippen molar-refractivity contribution in [3.05, 3.63) is 54.9 Å². The van der Waals surface area contributed by atoms with E-state index in [1.165, 1.54) is 0 Å². The first kappa shape index (κ1) is 11.1. The summed E-state index contributed by atoms with van der Waals surface area (Å²) in [4.78, 5) is 5.71. The molecule has 4 heteroatoms. The average Bonchev–Trinajstić information content (AvgIpc) is 2.40. The minimum Gasteiger partial charge on any atom is -0.326 e. The molecule has 2 aromatic rings. The lowest BCUT2D eigenvalue weighted by Crippen LogP contribution is -2.31. The SMILES string of the molecule is CN(C(=N)Nc1ccncc1)c1ccccc1. The molecule has 86 valence electrons. The Labute approximate surface area is 100 Å². The van der Waals surface area contributed by atoms with Crippen molar-refractivity contribution in [1.82, 2.24) is 4.98 Å². The number of nitrogens with zero attached hydrogens (tertiary/aromatic N) is 2. The van der Waals surface area contributed by atoms with Crippen LogP contribution in [0, 0.1) is 5.41 Å². The minimum atomic E-state index is 0.322. The number of benzene rings is 1. The standard InChI is InChI=1S/C13H14N4/c1-17(12-5-3-2-4-6-12)13(14)16-11-7-9-15-10-8-11/h2-10H,1H3,(H2,14,15,16). The van der Waals surface area contributed by atoms with Crippen molar-refractivity contribution in [1.29, 1.82) is 5.41 Å². The largest absolute Gasteiger partial charge is 0.326 e. The molecule has 17 heavy (non-hydrogen) atoms. The smallest absolute Gasteiger partial charge is 0.199 e. The van der Waals surface area contributed by atoms with Gasteiger partial charge in [0.15, 0.2) is 5.96 Å². The highest BCUT2D eigenvalue weighted by Crippen LogP contribution is 2.12. The molecule has 2 N–H and O–H groups in total. The van der Waals surface area contributed by atoms with Crippen LogP contribution in [-0.4, -0.2) is 18.0 Å². The molecule has 2 rings (SSSR count). The molecule has 0 saturated carbocycles. The van der Waals surface area contributed by atoms with Gasteiger partial charge in [-0.2, -0.15) is 0 Å². The summed E-state index contributed by atoms with van der Waals surface area (Å²) < 4.78 is 0. The number of pyridine rings is 1. The molecule has 0 aliphatic carbocycles. The van der Waals surface area contributed by atoms with Gasteiger partial charge in [0.2, 0.25) is 0 Å². The second-order valence-corrected chi connectivity index (χ2v) is 3.60. The Bertz CT molecular complexity index is 481.